The van der Waals surface area contributed by atoms with E-state index in [9.17, 15) is 0 Å². The predicted molar refractivity (Wildman–Crippen MR) is 61.5 cm³/mol. The molecule has 16 heavy (non-hydrogen) atoms. The van der Waals surface area contributed by atoms with E-state index in [1.807, 2.05) is 17.0 Å². The van der Waals surface area contributed by atoms with Crippen LogP contribution >= 0.6 is 0 Å². The van der Waals surface area contributed by atoms with Gasteiger partial charge in [0.2, 0.25) is 0 Å². The lowest BCUT2D eigenvalue weighted by atomic mass is 10.2. The first-order chi connectivity index (χ1) is 7.81. The van der Waals surface area contributed by atoms with Gasteiger partial charge in [0.25, 0.3) is 0 Å². The van der Waals surface area contributed by atoms with Crippen molar-refractivity contribution in [2.75, 3.05) is 31.7 Å². The van der Waals surface area contributed by atoms with Crippen LogP contribution in [-0.4, -0.2) is 46.4 Å². The van der Waals surface area contributed by atoms with Gasteiger partial charge >= 0.3 is 0 Å². The number of pyridine rings is 1. The van der Waals surface area contributed by atoms with Crippen LogP contribution in [0.15, 0.2) is 18.3 Å². The highest BCUT2D eigenvalue weighted by Gasteiger charge is 2.08. The standard InChI is InChI=1S/C10H18N4O2/c11-13-10-9(2-1-3-12-10)8-14(4-6-15)5-7-16/h1-3,15-16H,4-8,11H2,(H,12,13). The van der Waals surface area contributed by atoms with Crippen molar-refractivity contribution in [2.45, 2.75) is 6.54 Å². The van der Waals surface area contributed by atoms with Gasteiger partial charge < -0.3 is 15.6 Å². The van der Waals surface area contributed by atoms with E-state index in [-0.39, 0.29) is 13.2 Å². The summed E-state index contributed by atoms with van der Waals surface area (Å²) in [5.74, 6) is 5.96. The van der Waals surface area contributed by atoms with Gasteiger partial charge in [-0.25, -0.2) is 10.8 Å². The van der Waals surface area contributed by atoms with Crippen molar-refractivity contribution in [1.29, 1.82) is 0 Å². The number of aliphatic hydroxyl groups is 2. The Bertz CT molecular complexity index is 303. The molecule has 0 radical (unpaired) electrons. The Hall–Kier alpha value is -1.21. The molecule has 1 aromatic heterocycles. The minimum atomic E-state index is 0.0612. The van der Waals surface area contributed by atoms with Crippen LogP contribution in [0, 0.1) is 0 Å². The number of hydrazine groups is 1. The molecule has 0 atom stereocenters. The summed E-state index contributed by atoms with van der Waals surface area (Å²) in [5.41, 5.74) is 3.46. The minimum Gasteiger partial charge on any atom is -0.395 e. The van der Waals surface area contributed by atoms with Gasteiger partial charge in [-0.2, -0.15) is 0 Å². The molecule has 0 fully saturated rings. The van der Waals surface area contributed by atoms with E-state index in [4.69, 9.17) is 16.1 Å². The number of aliphatic hydroxyl groups excluding tert-OH is 2. The maximum Gasteiger partial charge on any atom is 0.144 e. The van der Waals surface area contributed by atoms with Crippen LogP contribution in [0.4, 0.5) is 5.82 Å². The topological polar surface area (TPSA) is 94.6 Å². The summed E-state index contributed by atoms with van der Waals surface area (Å²) in [4.78, 5) is 6.01. The fourth-order valence-electron chi connectivity index (χ4n) is 1.49. The first-order valence-electron chi connectivity index (χ1n) is 5.16. The van der Waals surface area contributed by atoms with Gasteiger partial charge in [0.1, 0.15) is 5.82 Å². The number of hydrogen-bond acceptors (Lipinski definition) is 6. The fraction of sp³-hybridized carbons (Fsp3) is 0.500. The molecule has 0 aliphatic rings. The van der Waals surface area contributed by atoms with E-state index < -0.39 is 0 Å². The van der Waals surface area contributed by atoms with Gasteiger partial charge in [0.05, 0.1) is 13.2 Å². The average molecular weight is 226 g/mol. The van der Waals surface area contributed by atoms with Gasteiger partial charge in [-0.1, -0.05) is 6.07 Å². The van der Waals surface area contributed by atoms with Crippen LogP contribution < -0.4 is 11.3 Å². The molecule has 6 nitrogen and oxygen atoms in total. The molecule has 0 aliphatic carbocycles. The van der Waals surface area contributed by atoms with Gasteiger partial charge in [-0.05, 0) is 6.07 Å². The molecule has 5 N–H and O–H groups in total. The Morgan fingerprint density at radius 3 is 2.56 bits per heavy atom. The monoisotopic (exact) mass is 226 g/mol. The molecule has 6 heteroatoms. The molecule has 1 aromatic rings. The second-order valence-corrected chi connectivity index (χ2v) is 3.38. The number of nitrogens with zero attached hydrogens (tertiary/aromatic N) is 2. The molecular formula is C10H18N4O2. The van der Waals surface area contributed by atoms with Crippen LogP contribution in [0.5, 0.6) is 0 Å². The Labute approximate surface area is 94.7 Å². The van der Waals surface area contributed by atoms with E-state index in [0.29, 0.717) is 25.5 Å². The largest absolute Gasteiger partial charge is 0.395 e. The van der Waals surface area contributed by atoms with Crippen molar-refractivity contribution in [3.63, 3.8) is 0 Å². The van der Waals surface area contributed by atoms with Crippen LogP contribution in [0.3, 0.4) is 0 Å². The molecule has 0 saturated heterocycles. The summed E-state index contributed by atoms with van der Waals surface area (Å²) < 4.78 is 0. The van der Waals surface area contributed by atoms with E-state index in [1.54, 1.807) is 6.20 Å². The molecular weight excluding hydrogens is 208 g/mol. The minimum absolute atomic E-state index is 0.0612. The number of nitrogen functional groups attached to an aromatic ring is 1. The van der Waals surface area contributed by atoms with Crippen LogP contribution in [-0.2, 0) is 6.54 Å². The molecule has 0 aromatic carbocycles. The first-order valence-corrected chi connectivity index (χ1v) is 5.16. The lowest BCUT2D eigenvalue weighted by Gasteiger charge is -2.21. The van der Waals surface area contributed by atoms with E-state index in [0.717, 1.165) is 5.56 Å². The first kappa shape index (κ1) is 12.9. The molecule has 0 spiro atoms. The van der Waals surface area contributed by atoms with E-state index >= 15 is 0 Å². The maximum atomic E-state index is 8.89. The van der Waals surface area contributed by atoms with Gasteiger partial charge in [-0.15, -0.1) is 0 Å². The van der Waals surface area contributed by atoms with E-state index in [1.165, 1.54) is 0 Å². The fourth-order valence-corrected chi connectivity index (χ4v) is 1.49. The summed E-state index contributed by atoms with van der Waals surface area (Å²) >= 11 is 0. The zero-order valence-electron chi connectivity index (χ0n) is 9.13. The third-order valence-corrected chi connectivity index (χ3v) is 2.25. The van der Waals surface area contributed by atoms with E-state index in [2.05, 4.69) is 10.4 Å². The highest BCUT2D eigenvalue weighted by Crippen LogP contribution is 2.12. The Morgan fingerprint density at radius 2 is 2.00 bits per heavy atom. The van der Waals surface area contributed by atoms with Crippen LogP contribution in [0.2, 0.25) is 0 Å². The third-order valence-electron chi connectivity index (χ3n) is 2.25. The normalized spacial score (nSPS) is 10.8. The summed E-state index contributed by atoms with van der Waals surface area (Å²) in [6, 6.07) is 3.73. The van der Waals surface area contributed by atoms with Crippen molar-refractivity contribution in [3.05, 3.63) is 23.9 Å². The predicted octanol–water partition coefficient (Wildman–Crippen LogP) is -0.846. The second-order valence-electron chi connectivity index (χ2n) is 3.38. The van der Waals surface area contributed by atoms with Crippen molar-refractivity contribution in [1.82, 2.24) is 9.88 Å². The smallest absolute Gasteiger partial charge is 0.144 e. The zero-order valence-corrected chi connectivity index (χ0v) is 9.13. The Morgan fingerprint density at radius 1 is 1.31 bits per heavy atom. The molecule has 1 heterocycles. The number of aromatic nitrogens is 1. The lowest BCUT2D eigenvalue weighted by molar-refractivity contribution is 0.156. The maximum absolute atomic E-state index is 8.89. The molecule has 1 rings (SSSR count). The van der Waals surface area contributed by atoms with Crippen LogP contribution in [0.25, 0.3) is 0 Å². The number of anilines is 1. The lowest BCUT2D eigenvalue weighted by Crippen LogP contribution is -2.30. The van der Waals surface area contributed by atoms with Crippen molar-refractivity contribution in [2.24, 2.45) is 5.84 Å². The highest BCUT2D eigenvalue weighted by molar-refractivity contribution is 5.42. The van der Waals surface area contributed by atoms with Crippen molar-refractivity contribution < 1.29 is 10.2 Å². The zero-order chi connectivity index (χ0) is 11.8. The summed E-state index contributed by atoms with van der Waals surface area (Å²) in [7, 11) is 0. The molecule has 0 unspecified atom stereocenters. The molecule has 0 amide bonds. The van der Waals surface area contributed by atoms with Crippen molar-refractivity contribution in [3.8, 4) is 0 Å². The van der Waals surface area contributed by atoms with Crippen molar-refractivity contribution >= 4 is 5.82 Å². The van der Waals surface area contributed by atoms with Crippen LogP contribution in [0.1, 0.15) is 5.56 Å². The molecule has 90 valence electrons. The average Bonchev–Trinajstić information content (AvgIpc) is 2.30. The summed E-state index contributed by atoms with van der Waals surface area (Å²) in [6.45, 7) is 1.74. The number of hydrogen-bond donors (Lipinski definition) is 4. The quantitative estimate of drug-likeness (QED) is 0.357. The second kappa shape index (κ2) is 7.13. The number of nitrogens with two attached hydrogens (primary N) is 1. The van der Waals surface area contributed by atoms with Gasteiger partial charge in [0, 0.05) is 31.4 Å². The number of rotatable bonds is 7. The summed E-state index contributed by atoms with van der Waals surface area (Å²) in [6.07, 6.45) is 1.65. The summed E-state index contributed by atoms with van der Waals surface area (Å²) in [5, 5.41) is 17.8. The highest BCUT2D eigenvalue weighted by atomic mass is 16.3. The molecule has 0 bridgehead atoms. The SMILES string of the molecule is NNc1ncccc1CN(CCO)CCO. The Kier molecular flexibility index (Phi) is 5.73. The third kappa shape index (κ3) is 3.74. The van der Waals surface area contributed by atoms with Gasteiger partial charge in [-0.3, -0.25) is 4.90 Å². The molecule has 0 saturated carbocycles. The molecule has 0 aliphatic heterocycles. The number of nitrogens with one attached hydrogen (secondary N) is 1. The Balaban J connectivity index is 2.67. The van der Waals surface area contributed by atoms with Gasteiger partial charge in [0.15, 0.2) is 0 Å².